The highest BCUT2D eigenvalue weighted by atomic mass is 16.4. The number of benzene rings is 1. The molecule has 1 saturated heterocycles. The van der Waals surface area contributed by atoms with Crippen molar-refractivity contribution in [2.75, 3.05) is 18.0 Å². The highest BCUT2D eigenvalue weighted by Gasteiger charge is 2.47. The minimum absolute atomic E-state index is 0.364. The first-order valence-electron chi connectivity index (χ1n) is 5.77. The maximum absolute atomic E-state index is 10.7. The van der Waals surface area contributed by atoms with E-state index < -0.39 is 5.97 Å². The van der Waals surface area contributed by atoms with Gasteiger partial charge in [0.05, 0.1) is 5.56 Å². The second-order valence-corrected chi connectivity index (χ2v) is 5.06. The van der Waals surface area contributed by atoms with Crippen molar-refractivity contribution in [3.05, 3.63) is 29.8 Å². The van der Waals surface area contributed by atoms with Gasteiger partial charge in [-0.05, 0) is 37.1 Å². The molecule has 0 amide bonds. The fourth-order valence-electron chi connectivity index (χ4n) is 2.75. The summed E-state index contributed by atoms with van der Waals surface area (Å²) in [6, 6.07) is 7.19. The van der Waals surface area contributed by atoms with Gasteiger partial charge in [-0.25, -0.2) is 4.79 Å². The van der Waals surface area contributed by atoms with Crippen LogP contribution in [0.4, 0.5) is 5.69 Å². The Hall–Kier alpha value is -1.51. The van der Waals surface area contributed by atoms with Gasteiger partial charge in [-0.15, -0.1) is 0 Å². The van der Waals surface area contributed by atoms with Crippen molar-refractivity contribution in [1.29, 1.82) is 0 Å². The molecule has 3 nitrogen and oxygen atoms in total. The average Bonchev–Trinajstić information content (AvgIpc) is 2.14. The summed E-state index contributed by atoms with van der Waals surface area (Å²) >= 11 is 0. The molecule has 2 fully saturated rings. The maximum atomic E-state index is 10.7. The van der Waals surface area contributed by atoms with Crippen LogP contribution in [0.25, 0.3) is 0 Å². The molecule has 3 heteroatoms. The van der Waals surface area contributed by atoms with Gasteiger partial charge in [0.25, 0.3) is 0 Å². The van der Waals surface area contributed by atoms with Crippen molar-refractivity contribution in [3.8, 4) is 0 Å². The van der Waals surface area contributed by atoms with Gasteiger partial charge in [-0.1, -0.05) is 6.42 Å². The normalized spacial score (nSPS) is 21.4. The quantitative estimate of drug-likeness (QED) is 0.826. The van der Waals surface area contributed by atoms with Crippen LogP contribution in [0.5, 0.6) is 0 Å². The average molecular weight is 217 g/mol. The smallest absolute Gasteiger partial charge is 0.335 e. The van der Waals surface area contributed by atoms with E-state index in [2.05, 4.69) is 4.90 Å². The number of aromatic carboxylic acids is 1. The van der Waals surface area contributed by atoms with Crippen LogP contribution >= 0.6 is 0 Å². The van der Waals surface area contributed by atoms with Gasteiger partial charge in [-0.3, -0.25) is 0 Å². The molecule has 3 rings (SSSR count). The van der Waals surface area contributed by atoms with E-state index in [1.807, 2.05) is 12.1 Å². The van der Waals surface area contributed by atoms with Gasteiger partial charge in [0.2, 0.25) is 0 Å². The van der Waals surface area contributed by atoms with E-state index in [0.29, 0.717) is 11.0 Å². The lowest BCUT2D eigenvalue weighted by Gasteiger charge is -2.57. The summed E-state index contributed by atoms with van der Waals surface area (Å²) in [5, 5.41) is 8.80. The summed E-state index contributed by atoms with van der Waals surface area (Å²) < 4.78 is 0. The third-order valence-corrected chi connectivity index (χ3v) is 3.95. The Bertz CT molecular complexity index is 412. The fraction of sp³-hybridized carbons (Fsp3) is 0.462. The van der Waals surface area contributed by atoms with Crippen LogP contribution in [0.2, 0.25) is 0 Å². The van der Waals surface area contributed by atoms with Crippen LogP contribution in [0.15, 0.2) is 24.3 Å². The number of carboxylic acids is 1. The van der Waals surface area contributed by atoms with Crippen LogP contribution < -0.4 is 4.90 Å². The molecule has 0 aromatic heterocycles. The summed E-state index contributed by atoms with van der Waals surface area (Å²) in [7, 11) is 0. The number of hydrogen-bond donors (Lipinski definition) is 1. The maximum Gasteiger partial charge on any atom is 0.335 e. The number of anilines is 1. The van der Waals surface area contributed by atoms with Crippen molar-refractivity contribution in [1.82, 2.24) is 0 Å². The first kappa shape index (κ1) is 9.70. The zero-order valence-corrected chi connectivity index (χ0v) is 9.15. The lowest BCUT2D eigenvalue weighted by molar-refractivity contribution is 0.0696. The van der Waals surface area contributed by atoms with Crippen molar-refractivity contribution < 1.29 is 9.90 Å². The lowest BCUT2D eigenvalue weighted by atomic mass is 9.63. The Labute approximate surface area is 94.7 Å². The van der Waals surface area contributed by atoms with Crippen molar-refractivity contribution in [2.24, 2.45) is 5.41 Å². The largest absolute Gasteiger partial charge is 0.478 e. The predicted molar refractivity (Wildman–Crippen MR) is 61.9 cm³/mol. The van der Waals surface area contributed by atoms with Gasteiger partial charge in [0.1, 0.15) is 0 Å². The Morgan fingerprint density at radius 3 is 2.25 bits per heavy atom. The van der Waals surface area contributed by atoms with E-state index in [0.717, 1.165) is 18.8 Å². The Balaban J connectivity index is 1.69. The van der Waals surface area contributed by atoms with Crippen LogP contribution in [0, 0.1) is 5.41 Å². The third kappa shape index (κ3) is 1.39. The van der Waals surface area contributed by atoms with Gasteiger partial charge in [0, 0.05) is 24.2 Å². The number of rotatable bonds is 2. The van der Waals surface area contributed by atoms with Crippen LogP contribution in [-0.2, 0) is 0 Å². The number of hydrogen-bond acceptors (Lipinski definition) is 2. The molecule has 1 aromatic carbocycles. The van der Waals surface area contributed by atoms with Gasteiger partial charge in [0.15, 0.2) is 0 Å². The Kier molecular flexibility index (Phi) is 1.96. The lowest BCUT2D eigenvalue weighted by Crippen LogP contribution is -2.59. The molecule has 0 atom stereocenters. The second-order valence-electron chi connectivity index (χ2n) is 5.06. The van der Waals surface area contributed by atoms with Gasteiger partial charge < -0.3 is 10.0 Å². The van der Waals surface area contributed by atoms with Crippen LogP contribution in [0.1, 0.15) is 29.6 Å². The molecular formula is C13H15NO2. The monoisotopic (exact) mass is 217 g/mol. The molecule has 1 spiro atoms. The topological polar surface area (TPSA) is 40.5 Å². The summed E-state index contributed by atoms with van der Waals surface area (Å²) in [4.78, 5) is 13.0. The van der Waals surface area contributed by atoms with E-state index in [1.165, 1.54) is 19.3 Å². The molecule has 84 valence electrons. The predicted octanol–water partition coefficient (Wildman–Crippen LogP) is 2.38. The highest BCUT2D eigenvalue weighted by molar-refractivity contribution is 5.88. The Morgan fingerprint density at radius 2 is 1.81 bits per heavy atom. The van der Waals surface area contributed by atoms with Crippen molar-refractivity contribution in [3.63, 3.8) is 0 Å². The van der Waals surface area contributed by atoms with E-state index in [4.69, 9.17) is 5.11 Å². The molecular weight excluding hydrogens is 202 g/mol. The molecule has 0 bridgehead atoms. The molecule has 1 aromatic rings. The molecule has 1 saturated carbocycles. The molecule has 1 N–H and O–H groups in total. The number of carbonyl (C=O) groups is 1. The van der Waals surface area contributed by atoms with Gasteiger partial charge in [-0.2, -0.15) is 0 Å². The molecule has 16 heavy (non-hydrogen) atoms. The van der Waals surface area contributed by atoms with Crippen LogP contribution in [-0.4, -0.2) is 24.2 Å². The fourth-order valence-corrected chi connectivity index (χ4v) is 2.75. The third-order valence-electron chi connectivity index (χ3n) is 3.95. The second kappa shape index (κ2) is 3.24. The zero-order valence-electron chi connectivity index (χ0n) is 9.15. The first-order valence-corrected chi connectivity index (χ1v) is 5.77. The SMILES string of the molecule is O=C(O)c1ccc(N2CC3(CCC3)C2)cc1. The summed E-state index contributed by atoms with van der Waals surface area (Å²) in [5.74, 6) is -0.856. The zero-order chi connectivity index (χ0) is 11.2. The van der Waals surface area contributed by atoms with E-state index in [9.17, 15) is 4.79 Å². The van der Waals surface area contributed by atoms with E-state index in [-0.39, 0.29) is 0 Å². The molecule has 2 aliphatic rings. The molecule has 1 heterocycles. The number of carboxylic acid groups (broad SMARTS) is 1. The summed E-state index contributed by atoms with van der Waals surface area (Å²) in [6.07, 6.45) is 4.12. The minimum Gasteiger partial charge on any atom is -0.478 e. The highest BCUT2D eigenvalue weighted by Crippen LogP contribution is 2.49. The van der Waals surface area contributed by atoms with Crippen molar-refractivity contribution in [2.45, 2.75) is 19.3 Å². The van der Waals surface area contributed by atoms with Crippen LogP contribution in [0.3, 0.4) is 0 Å². The first-order chi connectivity index (χ1) is 7.69. The van der Waals surface area contributed by atoms with E-state index >= 15 is 0 Å². The molecule has 0 unspecified atom stereocenters. The molecule has 1 aliphatic heterocycles. The van der Waals surface area contributed by atoms with Crippen molar-refractivity contribution >= 4 is 11.7 Å². The van der Waals surface area contributed by atoms with Gasteiger partial charge >= 0.3 is 5.97 Å². The minimum atomic E-state index is -0.856. The Morgan fingerprint density at radius 1 is 1.19 bits per heavy atom. The summed E-state index contributed by atoms with van der Waals surface area (Å²) in [5.41, 5.74) is 2.14. The summed E-state index contributed by atoms with van der Waals surface area (Å²) in [6.45, 7) is 2.30. The standard InChI is InChI=1S/C13H15NO2/c15-12(16)10-2-4-11(5-3-10)14-8-13(9-14)6-1-7-13/h2-5H,1,6-9H2,(H,15,16). The molecule has 1 aliphatic carbocycles. The number of nitrogens with zero attached hydrogens (tertiary/aromatic N) is 1. The molecule has 0 radical (unpaired) electrons. The van der Waals surface area contributed by atoms with E-state index in [1.54, 1.807) is 12.1 Å².